The van der Waals surface area contributed by atoms with Gasteiger partial charge in [0.05, 0.1) is 5.52 Å². The van der Waals surface area contributed by atoms with Crippen LogP contribution in [0.2, 0.25) is 0 Å². The lowest BCUT2D eigenvalue weighted by Gasteiger charge is -2.25. The molecule has 0 radical (unpaired) electrons. The predicted molar refractivity (Wildman–Crippen MR) is 75.7 cm³/mol. The highest BCUT2D eigenvalue weighted by Gasteiger charge is 2.37. The number of pyridine rings is 1. The van der Waals surface area contributed by atoms with Gasteiger partial charge in [0, 0.05) is 24.4 Å². The van der Waals surface area contributed by atoms with Crippen molar-refractivity contribution in [3.63, 3.8) is 0 Å². The molecule has 2 heterocycles. The van der Waals surface area contributed by atoms with Crippen LogP contribution in [0.5, 0.6) is 5.75 Å². The van der Waals surface area contributed by atoms with Gasteiger partial charge in [0.25, 0.3) is 0 Å². The summed E-state index contributed by atoms with van der Waals surface area (Å²) in [5, 5.41) is 0.971. The average Bonchev–Trinajstić information content (AvgIpc) is 2.78. The molecule has 1 aromatic carbocycles. The Balaban J connectivity index is 2.26. The Morgan fingerprint density at radius 1 is 1.47 bits per heavy atom. The number of fused-ring (bicyclic) bond motifs is 3. The van der Waals surface area contributed by atoms with Crippen LogP contribution in [0.25, 0.3) is 10.9 Å². The van der Waals surface area contributed by atoms with Gasteiger partial charge in [-0.2, -0.15) is 0 Å². The molecule has 1 aromatic heterocycles. The number of aryl methyl sites for hydroxylation is 1. The van der Waals surface area contributed by atoms with Crippen molar-refractivity contribution < 1.29 is 4.74 Å². The smallest absolute Gasteiger partial charge is 0.248 e. The van der Waals surface area contributed by atoms with Gasteiger partial charge in [0.2, 0.25) is 5.56 Å². The summed E-state index contributed by atoms with van der Waals surface area (Å²) in [4.78, 5) is 14.3. The minimum absolute atomic E-state index is 0.0888. The van der Waals surface area contributed by atoms with E-state index in [1.54, 1.807) is 6.07 Å². The van der Waals surface area contributed by atoms with Crippen LogP contribution in [0, 0.1) is 6.92 Å². The highest BCUT2D eigenvalue weighted by atomic mass is 16.5. The minimum Gasteiger partial charge on any atom is -0.485 e. The monoisotopic (exact) mass is 258 g/mol. The van der Waals surface area contributed by atoms with Crippen LogP contribution in [-0.2, 0) is 6.42 Å². The summed E-state index contributed by atoms with van der Waals surface area (Å²) >= 11 is 0. The zero-order chi connectivity index (χ0) is 13.6. The molecule has 100 valence electrons. The van der Waals surface area contributed by atoms with Crippen LogP contribution >= 0.6 is 0 Å². The zero-order valence-electron chi connectivity index (χ0n) is 11.2. The number of hydrogen-bond donors (Lipinski definition) is 2. The number of aromatic nitrogens is 1. The summed E-state index contributed by atoms with van der Waals surface area (Å²) in [5.74, 6) is 0.879. The van der Waals surface area contributed by atoms with E-state index in [1.807, 2.05) is 13.0 Å². The van der Waals surface area contributed by atoms with E-state index in [1.165, 1.54) is 5.56 Å². The third kappa shape index (κ3) is 1.75. The number of aromatic amines is 1. The summed E-state index contributed by atoms with van der Waals surface area (Å²) in [6.07, 6.45) is 1.72. The van der Waals surface area contributed by atoms with Crippen molar-refractivity contribution in [3.05, 3.63) is 39.7 Å². The van der Waals surface area contributed by atoms with Gasteiger partial charge in [-0.05, 0) is 30.5 Å². The molecule has 4 heteroatoms. The molecule has 19 heavy (non-hydrogen) atoms. The fourth-order valence-electron chi connectivity index (χ4n) is 2.85. The topological polar surface area (TPSA) is 68.1 Å². The first-order valence-corrected chi connectivity index (χ1v) is 6.63. The SMILES string of the molecule is CCC1(CN)Cc2cc(C)c3[nH]c(=O)ccc3c2O1. The molecule has 3 N–H and O–H groups in total. The second-order valence-electron chi connectivity index (χ2n) is 5.31. The van der Waals surface area contributed by atoms with Crippen LogP contribution in [0.4, 0.5) is 0 Å². The number of hydrogen-bond acceptors (Lipinski definition) is 3. The van der Waals surface area contributed by atoms with Crippen LogP contribution in [0.1, 0.15) is 24.5 Å². The fourth-order valence-corrected chi connectivity index (χ4v) is 2.85. The van der Waals surface area contributed by atoms with Crippen molar-refractivity contribution in [2.24, 2.45) is 5.73 Å². The molecular formula is C15H18N2O2. The molecular weight excluding hydrogens is 240 g/mol. The van der Waals surface area contributed by atoms with E-state index in [2.05, 4.69) is 18.0 Å². The van der Waals surface area contributed by atoms with E-state index in [-0.39, 0.29) is 11.2 Å². The van der Waals surface area contributed by atoms with Gasteiger partial charge < -0.3 is 15.5 Å². The normalized spacial score (nSPS) is 21.4. The van der Waals surface area contributed by atoms with Gasteiger partial charge in [-0.15, -0.1) is 0 Å². The molecule has 0 aliphatic carbocycles. The van der Waals surface area contributed by atoms with Crippen LogP contribution in [-0.4, -0.2) is 17.1 Å². The van der Waals surface area contributed by atoms with Crippen LogP contribution < -0.4 is 16.0 Å². The highest BCUT2D eigenvalue weighted by Crippen LogP contribution is 2.41. The minimum atomic E-state index is -0.292. The lowest BCUT2D eigenvalue weighted by atomic mass is 9.93. The van der Waals surface area contributed by atoms with E-state index in [9.17, 15) is 4.79 Å². The Morgan fingerprint density at radius 3 is 2.95 bits per heavy atom. The molecule has 3 rings (SSSR count). The molecule has 1 unspecified atom stereocenters. The third-order valence-corrected chi connectivity index (χ3v) is 4.09. The Morgan fingerprint density at radius 2 is 2.26 bits per heavy atom. The molecule has 0 spiro atoms. The first-order chi connectivity index (χ1) is 9.08. The first-order valence-electron chi connectivity index (χ1n) is 6.63. The molecule has 1 atom stereocenters. The maximum Gasteiger partial charge on any atom is 0.248 e. The second-order valence-corrected chi connectivity index (χ2v) is 5.31. The number of rotatable bonds is 2. The summed E-state index contributed by atoms with van der Waals surface area (Å²) in [7, 11) is 0. The molecule has 0 saturated heterocycles. The molecule has 0 saturated carbocycles. The molecule has 1 aliphatic rings. The fraction of sp³-hybridized carbons (Fsp3) is 0.400. The van der Waals surface area contributed by atoms with Gasteiger partial charge >= 0.3 is 0 Å². The predicted octanol–water partition coefficient (Wildman–Crippen LogP) is 1.88. The lowest BCUT2D eigenvalue weighted by Crippen LogP contribution is -2.41. The molecule has 0 amide bonds. The number of benzene rings is 1. The molecule has 1 aliphatic heterocycles. The summed E-state index contributed by atoms with van der Waals surface area (Å²) in [6, 6.07) is 5.47. The standard InChI is InChI=1S/C15H18N2O2/c1-3-15(8-16)7-10-6-9(2)13-11(14(10)19-15)4-5-12(18)17-13/h4-6H,3,7-8,16H2,1-2H3,(H,17,18). The van der Waals surface area contributed by atoms with Crippen molar-refractivity contribution in [1.29, 1.82) is 0 Å². The first kappa shape index (κ1) is 12.2. The molecule has 2 aromatic rings. The second kappa shape index (κ2) is 4.10. The molecule has 4 nitrogen and oxygen atoms in total. The Labute approximate surface area is 111 Å². The van der Waals surface area contributed by atoms with Crippen LogP contribution in [0.15, 0.2) is 23.0 Å². The zero-order valence-corrected chi connectivity index (χ0v) is 11.2. The summed E-state index contributed by atoms with van der Waals surface area (Å²) < 4.78 is 6.15. The Bertz CT molecular complexity index is 699. The maximum absolute atomic E-state index is 11.5. The van der Waals surface area contributed by atoms with Gasteiger partial charge in [-0.3, -0.25) is 4.79 Å². The van der Waals surface area contributed by atoms with Crippen LogP contribution in [0.3, 0.4) is 0 Å². The van der Waals surface area contributed by atoms with Crippen molar-refractivity contribution >= 4 is 10.9 Å². The number of ether oxygens (including phenoxy) is 1. The Kier molecular flexibility index (Phi) is 2.64. The van der Waals surface area contributed by atoms with E-state index in [0.717, 1.165) is 35.1 Å². The molecule has 0 fully saturated rings. The van der Waals surface area contributed by atoms with E-state index >= 15 is 0 Å². The number of nitrogens with one attached hydrogen (secondary N) is 1. The largest absolute Gasteiger partial charge is 0.485 e. The third-order valence-electron chi connectivity index (χ3n) is 4.09. The van der Waals surface area contributed by atoms with Crippen molar-refractivity contribution in [2.75, 3.05) is 6.54 Å². The number of nitrogens with two attached hydrogens (primary N) is 1. The average molecular weight is 258 g/mol. The van der Waals surface area contributed by atoms with Crippen molar-refractivity contribution in [3.8, 4) is 5.75 Å². The maximum atomic E-state index is 11.5. The van der Waals surface area contributed by atoms with E-state index in [4.69, 9.17) is 10.5 Å². The lowest BCUT2D eigenvalue weighted by molar-refractivity contribution is 0.101. The van der Waals surface area contributed by atoms with Gasteiger partial charge in [-0.25, -0.2) is 0 Å². The van der Waals surface area contributed by atoms with Gasteiger partial charge in [0.1, 0.15) is 11.4 Å². The number of H-pyrrole nitrogens is 1. The Hall–Kier alpha value is -1.81. The summed E-state index contributed by atoms with van der Waals surface area (Å²) in [6.45, 7) is 4.60. The summed E-state index contributed by atoms with van der Waals surface area (Å²) in [5.41, 5.74) is 8.61. The quantitative estimate of drug-likeness (QED) is 0.864. The van der Waals surface area contributed by atoms with Gasteiger partial charge in [-0.1, -0.05) is 13.0 Å². The van der Waals surface area contributed by atoms with Gasteiger partial charge in [0.15, 0.2) is 0 Å². The van der Waals surface area contributed by atoms with E-state index in [0.29, 0.717) is 6.54 Å². The van der Waals surface area contributed by atoms with Crippen molar-refractivity contribution in [2.45, 2.75) is 32.3 Å². The van der Waals surface area contributed by atoms with Crippen molar-refractivity contribution in [1.82, 2.24) is 4.98 Å². The molecule has 0 bridgehead atoms. The highest BCUT2D eigenvalue weighted by molar-refractivity contribution is 5.89. The van der Waals surface area contributed by atoms with E-state index < -0.39 is 0 Å².